The summed E-state index contributed by atoms with van der Waals surface area (Å²) in [5.74, 6) is 0.662. The molecule has 1 aliphatic carbocycles. The highest BCUT2D eigenvalue weighted by molar-refractivity contribution is 5.37. The molecule has 0 N–H and O–H groups in total. The van der Waals surface area contributed by atoms with Crippen LogP contribution in [0.4, 0.5) is 0 Å². The number of rotatable bonds is 3. The fraction of sp³-hybridized carbons (Fsp3) is 0.455. The van der Waals surface area contributed by atoms with E-state index in [0.29, 0.717) is 11.3 Å². The van der Waals surface area contributed by atoms with Crippen molar-refractivity contribution >= 4 is 0 Å². The van der Waals surface area contributed by atoms with Gasteiger partial charge in [0.2, 0.25) is 0 Å². The monoisotopic (exact) mass is 292 g/mol. The molecular weight excluding hydrogens is 264 g/mol. The van der Waals surface area contributed by atoms with Gasteiger partial charge in [-0.2, -0.15) is 0 Å². The Morgan fingerprint density at radius 2 is 1.45 bits per heavy atom. The molecule has 0 heterocycles. The molecule has 0 aliphatic heterocycles. The Labute approximate surface area is 135 Å². The summed E-state index contributed by atoms with van der Waals surface area (Å²) in [7, 11) is 0. The van der Waals surface area contributed by atoms with Crippen LogP contribution in [0.25, 0.3) is 0 Å². The van der Waals surface area contributed by atoms with Gasteiger partial charge in [0.1, 0.15) is 0 Å². The standard InChI is InChI=1S/C22H28/c1-4-22(20-14-10-18(3)11-15-20)16-6-5-7-21(22)19-12-8-17(2)9-13-19/h8-15,21H,4-7,16H2,1-3H3. The summed E-state index contributed by atoms with van der Waals surface area (Å²) in [5, 5.41) is 0. The molecule has 1 fully saturated rings. The van der Waals surface area contributed by atoms with Gasteiger partial charge in [-0.25, -0.2) is 0 Å². The lowest BCUT2D eigenvalue weighted by atomic mass is 9.59. The quantitative estimate of drug-likeness (QED) is 0.622. The van der Waals surface area contributed by atoms with Crippen LogP contribution in [-0.2, 0) is 5.41 Å². The molecule has 0 aromatic heterocycles. The fourth-order valence-corrected chi connectivity index (χ4v) is 4.38. The average molecular weight is 292 g/mol. The topological polar surface area (TPSA) is 0 Å². The van der Waals surface area contributed by atoms with Crippen molar-refractivity contribution in [1.29, 1.82) is 0 Å². The lowest BCUT2D eigenvalue weighted by molar-refractivity contribution is 0.238. The van der Waals surface area contributed by atoms with E-state index in [-0.39, 0.29) is 0 Å². The molecular formula is C22H28. The molecule has 22 heavy (non-hydrogen) atoms. The van der Waals surface area contributed by atoms with Gasteiger partial charge in [-0.05, 0) is 50.2 Å². The van der Waals surface area contributed by atoms with Crippen molar-refractivity contribution in [1.82, 2.24) is 0 Å². The molecule has 0 radical (unpaired) electrons. The molecule has 0 saturated heterocycles. The van der Waals surface area contributed by atoms with Crippen LogP contribution < -0.4 is 0 Å². The van der Waals surface area contributed by atoms with Gasteiger partial charge >= 0.3 is 0 Å². The fourth-order valence-electron chi connectivity index (χ4n) is 4.38. The molecule has 2 atom stereocenters. The SMILES string of the molecule is CCC1(c2ccc(C)cc2)CCCCC1c1ccc(C)cc1. The van der Waals surface area contributed by atoms with Crippen molar-refractivity contribution in [3.63, 3.8) is 0 Å². The molecule has 3 rings (SSSR count). The summed E-state index contributed by atoms with van der Waals surface area (Å²) in [6.07, 6.45) is 6.61. The average Bonchev–Trinajstić information content (AvgIpc) is 2.56. The van der Waals surface area contributed by atoms with Crippen LogP contribution in [0.5, 0.6) is 0 Å². The van der Waals surface area contributed by atoms with Gasteiger partial charge in [0.15, 0.2) is 0 Å². The molecule has 1 aliphatic rings. The molecule has 0 heteroatoms. The lowest BCUT2D eigenvalue weighted by Gasteiger charge is -2.45. The predicted octanol–water partition coefficient (Wildman–Crippen LogP) is 6.31. The first-order chi connectivity index (χ1) is 10.7. The molecule has 0 spiro atoms. The van der Waals surface area contributed by atoms with E-state index in [4.69, 9.17) is 0 Å². The third-order valence-electron chi connectivity index (χ3n) is 5.77. The first kappa shape index (κ1) is 15.3. The summed E-state index contributed by atoms with van der Waals surface area (Å²) in [6.45, 7) is 6.74. The number of hydrogen-bond donors (Lipinski definition) is 0. The maximum Gasteiger partial charge on any atom is 0.00190 e. The van der Waals surface area contributed by atoms with E-state index >= 15 is 0 Å². The van der Waals surface area contributed by atoms with Gasteiger partial charge in [0.05, 0.1) is 0 Å². The Morgan fingerprint density at radius 1 is 0.864 bits per heavy atom. The molecule has 2 aromatic rings. The Hall–Kier alpha value is -1.56. The molecule has 0 bridgehead atoms. The second-order valence-electron chi connectivity index (χ2n) is 7.08. The normalized spacial score (nSPS) is 25.1. The minimum Gasteiger partial charge on any atom is -0.0645 e. The Kier molecular flexibility index (Phi) is 4.38. The highest BCUT2D eigenvalue weighted by Gasteiger charge is 2.41. The summed E-state index contributed by atoms with van der Waals surface area (Å²) in [6, 6.07) is 18.6. The van der Waals surface area contributed by atoms with E-state index in [2.05, 4.69) is 69.3 Å². The van der Waals surface area contributed by atoms with Gasteiger partial charge in [-0.1, -0.05) is 79.4 Å². The van der Waals surface area contributed by atoms with Crippen molar-refractivity contribution in [2.24, 2.45) is 0 Å². The van der Waals surface area contributed by atoms with Crippen LogP contribution in [0.2, 0.25) is 0 Å². The number of benzene rings is 2. The van der Waals surface area contributed by atoms with Crippen molar-refractivity contribution in [3.05, 3.63) is 70.8 Å². The van der Waals surface area contributed by atoms with E-state index in [1.807, 2.05) is 0 Å². The Morgan fingerprint density at radius 3 is 2.05 bits per heavy atom. The maximum absolute atomic E-state index is 2.38. The molecule has 2 aromatic carbocycles. The van der Waals surface area contributed by atoms with Gasteiger partial charge in [-0.3, -0.25) is 0 Å². The minimum atomic E-state index is 0.321. The van der Waals surface area contributed by atoms with Crippen LogP contribution in [0.15, 0.2) is 48.5 Å². The van der Waals surface area contributed by atoms with Crippen molar-refractivity contribution in [2.75, 3.05) is 0 Å². The second kappa shape index (κ2) is 6.28. The molecule has 1 saturated carbocycles. The van der Waals surface area contributed by atoms with Crippen molar-refractivity contribution in [2.45, 2.75) is 64.2 Å². The predicted molar refractivity (Wildman–Crippen MR) is 95.5 cm³/mol. The smallest absolute Gasteiger partial charge is 0.00190 e. The first-order valence-electron chi connectivity index (χ1n) is 8.79. The van der Waals surface area contributed by atoms with E-state index in [9.17, 15) is 0 Å². The third-order valence-corrected chi connectivity index (χ3v) is 5.77. The van der Waals surface area contributed by atoms with Crippen LogP contribution in [0.1, 0.15) is 67.2 Å². The number of hydrogen-bond acceptors (Lipinski definition) is 0. The minimum absolute atomic E-state index is 0.321. The number of aryl methyl sites for hydroxylation is 2. The highest BCUT2D eigenvalue weighted by atomic mass is 14.4. The second-order valence-corrected chi connectivity index (χ2v) is 7.08. The summed E-state index contributed by atoms with van der Waals surface area (Å²) in [4.78, 5) is 0. The first-order valence-corrected chi connectivity index (χ1v) is 8.79. The highest BCUT2D eigenvalue weighted by Crippen LogP contribution is 2.51. The molecule has 0 amide bonds. The van der Waals surface area contributed by atoms with Gasteiger partial charge in [0, 0.05) is 5.41 Å². The van der Waals surface area contributed by atoms with Crippen LogP contribution in [-0.4, -0.2) is 0 Å². The maximum atomic E-state index is 2.38. The van der Waals surface area contributed by atoms with Crippen LogP contribution in [0.3, 0.4) is 0 Å². The van der Waals surface area contributed by atoms with E-state index < -0.39 is 0 Å². The summed E-state index contributed by atoms with van der Waals surface area (Å²) < 4.78 is 0. The van der Waals surface area contributed by atoms with E-state index in [0.717, 1.165) is 0 Å². The van der Waals surface area contributed by atoms with E-state index in [1.165, 1.54) is 48.8 Å². The van der Waals surface area contributed by atoms with Crippen molar-refractivity contribution in [3.8, 4) is 0 Å². The lowest BCUT2D eigenvalue weighted by Crippen LogP contribution is -2.36. The van der Waals surface area contributed by atoms with Crippen LogP contribution >= 0.6 is 0 Å². The van der Waals surface area contributed by atoms with Gasteiger partial charge in [0.25, 0.3) is 0 Å². The Bertz CT molecular complexity index is 605. The molecule has 2 unspecified atom stereocenters. The largest absolute Gasteiger partial charge is 0.0645 e. The van der Waals surface area contributed by atoms with E-state index in [1.54, 1.807) is 5.56 Å². The molecule has 0 nitrogen and oxygen atoms in total. The third kappa shape index (κ3) is 2.72. The van der Waals surface area contributed by atoms with Crippen LogP contribution in [0, 0.1) is 13.8 Å². The zero-order chi connectivity index (χ0) is 15.6. The summed E-state index contributed by atoms with van der Waals surface area (Å²) >= 11 is 0. The zero-order valence-corrected chi connectivity index (χ0v) is 14.2. The van der Waals surface area contributed by atoms with Crippen molar-refractivity contribution < 1.29 is 0 Å². The van der Waals surface area contributed by atoms with Gasteiger partial charge < -0.3 is 0 Å². The summed E-state index contributed by atoms with van der Waals surface area (Å²) in [5.41, 5.74) is 6.12. The zero-order valence-electron chi connectivity index (χ0n) is 14.2. The van der Waals surface area contributed by atoms with Gasteiger partial charge in [-0.15, -0.1) is 0 Å². The Balaban J connectivity index is 2.05. The molecule has 116 valence electrons.